The van der Waals surface area contributed by atoms with Crippen LogP contribution in [0.1, 0.15) is 6.92 Å². The van der Waals surface area contributed by atoms with Crippen molar-refractivity contribution in [1.29, 1.82) is 0 Å². The number of rotatable bonds is 1. The van der Waals surface area contributed by atoms with Gasteiger partial charge in [0.05, 0.1) is 5.03 Å². The lowest BCUT2D eigenvalue weighted by atomic mass is 10.4. The molecule has 0 saturated carbocycles. The Kier molecular flexibility index (Phi) is 1.81. The minimum absolute atomic E-state index is 0.234. The normalized spacial score (nSPS) is 27.2. The molecule has 1 unspecified atom stereocenters. The van der Waals surface area contributed by atoms with E-state index in [-0.39, 0.29) is 6.10 Å². The molecule has 1 aliphatic heterocycles. The lowest BCUT2D eigenvalue weighted by molar-refractivity contribution is 0.0567. The van der Waals surface area contributed by atoms with Crippen molar-refractivity contribution in [2.24, 2.45) is 0 Å². The fourth-order valence-corrected chi connectivity index (χ4v) is 1.00. The van der Waals surface area contributed by atoms with Gasteiger partial charge < -0.3 is 0 Å². The molecule has 0 aromatic heterocycles. The second-order valence-corrected chi connectivity index (χ2v) is 2.51. The minimum atomic E-state index is 0.234. The first-order chi connectivity index (χ1) is 3.83. The molecule has 0 bridgehead atoms. The molecule has 0 radical (unpaired) electrons. The van der Waals surface area contributed by atoms with E-state index in [1.165, 1.54) is 0 Å². The molecule has 8 heavy (non-hydrogen) atoms. The molecule has 0 fully saturated rings. The van der Waals surface area contributed by atoms with Gasteiger partial charge in [-0.2, -0.15) is 0 Å². The Hall–Kier alpha value is -0.150. The summed E-state index contributed by atoms with van der Waals surface area (Å²) in [4.78, 5) is 4.99. The van der Waals surface area contributed by atoms with E-state index in [9.17, 15) is 0 Å². The fraction of sp³-hybridized carbons (Fsp3) is 0.600. The van der Waals surface area contributed by atoms with Crippen molar-refractivity contribution in [2.45, 2.75) is 13.0 Å². The van der Waals surface area contributed by atoms with Crippen LogP contribution in [0, 0.1) is 0 Å². The van der Waals surface area contributed by atoms with Crippen molar-refractivity contribution in [2.75, 3.05) is 6.26 Å². The van der Waals surface area contributed by atoms with E-state index in [1.807, 2.05) is 19.3 Å². The average Bonchev–Trinajstić information content (AvgIpc) is 2.14. The van der Waals surface area contributed by atoms with E-state index in [2.05, 4.69) is 5.48 Å². The lowest BCUT2D eigenvalue weighted by Crippen LogP contribution is -2.07. The van der Waals surface area contributed by atoms with Gasteiger partial charge in [-0.1, -0.05) is 0 Å². The Morgan fingerprint density at radius 2 is 2.62 bits per heavy atom. The van der Waals surface area contributed by atoms with Gasteiger partial charge in [0, 0.05) is 0 Å². The molecule has 0 aromatic rings. The summed E-state index contributed by atoms with van der Waals surface area (Å²) in [5, 5.41) is 1.11. The first kappa shape index (κ1) is 5.98. The van der Waals surface area contributed by atoms with Crippen molar-refractivity contribution in [3.8, 4) is 0 Å². The van der Waals surface area contributed by atoms with Gasteiger partial charge in [0.15, 0.2) is 0 Å². The smallest absolute Gasteiger partial charge is 0.104 e. The molecule has 1 atom stereocenters. The quantitative estimate of drug-likeness (QED) is 0.576. The standard InChI is InChI=1S/C5H9NOS/c1-4-3-5(8-2)6-7-4/h3-4,6H,1-2H3. The summed E-state index contributed by atoms with van der Waals surface area (Å²) < 4.78 is 0. The van der Waals surface area contributed by atoms with Crippen LogP contribution in [0.5, 0.6) is 0 Å². The maximum atomic E-state index is 4.99. The zero-order chi connectivity index (χ0) is 5.98. The number of hydrogen-bond acceptors (Lipinski definition) is 3. The summed E-state index contributed by atoms with van der Waals surface area (Å²) in [7, 11) is 0. The molecule has 0 amide bonds. The van der Waals surface area contributed by atoms with Gasteiger partial charge >= 0.3 is 0 Å². The van der Waals surface area contributed by atoms with Crippen LogP contribution in [0.15, 0.2) is 11.1 Å². The molecule has 0 spiro atoms. The van der Waals surface area contributed by atoms with Crippen LogP contribution in [0.4, 0.5) is 0 Å². The van der Waals surface area contributed by atoms with E-state index in [0.29, 0.717) is 0 Å². The predicted molar refractivity (Wildman–Crippen MR) is 35.3 cm³/mol. The highest BCUT2D eigenvalue weighted by molar-refractivity contribution is 8.02. The minimum Gasteiger partial charge on any atom is -0.268 e. The van der Waals surface area contributed by atoms with Gasteiger partial charge in [0.25, 0.3) is 0 Å². The summed E-state index contributed by atoms with van der Waals surface area (Å²) in [5.74, 6) is 0. The summed E-state index contributed by atoms with van der Waals surface area (Å²) in [6.45, 7) is 2.00. The number of hydrogen-bond donors (Lipinski definition) is 1. The summed E-state index contributed by atoms with van der Waals surface area (Å²) in [6, 6.07) is 0. The lowest BCUT2D eigenvalue weighted by Gasteiger charge is -1.97. The highest BCUT2D eigenvalue weighted by Gasteiger charge is 2.08. The van der Waals surface area contributed by atoms with Crippen molar-refractivity contribution in [1.82, 2.24) is 5.48 Å². The Bertz CT molecular complexity index is 113. The van der Waals surface area contributed by atoms with Crippen LogP contribution in [0.2, 0.25) is 0 Å². The maximum absolute atomic E-state index is 4.99. The second kappa shape index (κ2) is 2.42. The molecule has 1 heterocycles. The van der Waals surface area contributed by atoms with Gasteiger partial charge in [-0.05, 0) is 19.3 Å². The molecule has 0 saturated heterocycles. The second-order valence-electron chi connectivity index (χ2n) is 1.66. The maximum Gasteiger partial charge on any atom is 0.104 e. The third-order valence-corrected chi connectivity index (χ3v) is 1.61. The zero-order valence-corrected chi connectivity index (χ0v) is 5.79. The van der Waals surface area contributed by atoms with Crippen molar-refractivity contribution in [3.63, 3.8) is 0 Å². The van der Waals surface area contributed by atoms with Crippen LogP contribution in [-0.2, 0) is 4.84 Å². The van der Waals surface area contributed by atoms with Gasteiger partial charge in [-0.15, -0.1) is 11.8 Å². The summed E-state index contributed by atoms with van der Waals surface area (Å²) in [6.07, 6.45) is 4.29. The molecule has 1 rings (SSSR count). The highest BCUT2D eigenvalue weighted by Crippen LogP contribution is 2.14. The average molecular weight is 131 g/mol. The van der Waals surface area contributed by atoms with Crippen LogP contribution < -0.4 is 5.48 Å². The molecule has 1 N–H and O–H groups in total. The Labute approximate surface area is 53.2 Å². The molecule has 0 aliphatic carbocycles. The van der Waals surface area contributed by atoms with E-state index in [0.717, 1.165) is 5.03 Å². The Morgan fingerprint density at radius 3 is 2.88 bits per heavy atom. The van der Waals surface area contributed by atoms with E-state index >= 15 is 0 Å². The summed E-state index contributed by atoms with van der Waals surface area (Å²) >= 11 is 1.66. The molecule has 3 heteroatoms. The molecule has 46 valence electrons. The first-order valence-corrected chi connectivity index (χ1v) is 3.73. The topological polar surface area (TPSA) is 21.3 Å². The van der Waals surface area contributed by atoms with Gasteiger partial charge in [-0.3, -0.25) is 10.3 Å². The van der Waals surface area contributed by atoms with Gasteiger partial charge in [0.2, 0.25) is 0 Å². The molecular formula is C5H9NOS. The van der Waals surface area contributed by atoms with Crippen molar-refractivity contribution >= 4 is 11.8 Å². The first-order valence-electron chi connectivity index (χ1n) is 2.50. The third-order valence-electron chi connectivity index (χ3n) is 0.951. The van der Waals surface area contributed by atoms with Gasteiger partial charge in [0.1, 0.15) is 6.10 Å². The number of nitrogens with one attached hydrogen (secondary N) is 1. The number of thioether (sulfide) groups is 1. The van der Waals surface area contributed by atoms with E-state index in [4.69, 9.17) is 4.84 Å². The summed E-state index contributed by atoms with van der Waals surface area (Å²) in [5.41, 5.74) is 2.78. The molecular weight excluding hydrogens is 122 g/mol. The van der Waals surface area contributed by atoms with Crippen molar-refractivity contribution < 1.29 is 4.84 Å². The monoisotopic (exact) mass is 131 g/mol. The van der Waals surface area contributed by atoms with E-state index in [1.54, 1.807) is 11.8 Å². The Balaban J connectivity index is 2.44. The van der Waals surface area contributed by atoms with E-state index < -0.39 is 0 Å². The molecule has 0 aromatic carbocycles. The van der Waals surface area contributed by atoms with Gasteiger partial charge in [-0.25, -0.2) is 0 Å². The number of hydroxylamine groups is 1. The van der Waals surface area contributed by atoms with Crippen LogP contribution in [0.3, 0.4) is 0 Å². The van der Waals surface area contributed by atoms with Crippen LogP contribution in [0.25, 0.3) is 0 Å². The fourth-order valence-electron chi connectivity index (χ4n) is 0.542. The Morgan fingerprint density at radius 1 is 1.88 bits per heavy atom. The van der Waals surface area contributed by atoms with Crippen LogP contribution in [-0.4, -0.2) is 12.4 Å². The largest absolute Gasteiger partial charge is 0.268 e. The highest BCUT2D eigenvalue weighted by atomic mass is 32.2. The molecule has 1 aliphatic rings. The molecule has 2 nitrogen and oxygen atoms in total. The predicted octanol–water partition coefficient (Wildman–Crippen LogP) is 1.11. The third kappa shape index (κ3) is 1.17. The SMILES string of the molecule is CSC1=CC(C)ON1. The zero-order valence-electron chi connectivity index (χ0n) is 4.97. The van der Waals surface area contributed by atoms with Crippen molar-refractivity contribution in [3.05, 3.63) is 11.1 Å². The van der Waals surface area contributed by atoms with Crippen LogP contribution >= 0.6 is 11.8 Å².